The maximum Gasteiger partial charge on any atom is 0.254 e. The van der Waals surface area contributed by atoms with Gasteiger partial charge in [-0.1, -0.05) is 18.2 Å². The first-order valence-electron chi connectivity index (χ1n) is 6.28. The summed E-state index contributed by atoms with van der Waals surface area (Å²) in [5.74, 6) is 0.121. The first-order valence-corrected chi connectivity index (χ1v) is 6.28. The molecule has 2 aromatic rings. The van der Waals surface area contributed by atoms with Gasteiger partial charge < -0.3 is 9.47 Å². The summed E-state index contributed by atoms with van der Waals surface area (Å²) in [4.78, 5) is 14.4. The Bertz CT molecular complexity index is 559. The number of rotatable bonds is 1. The molecular formula is C15H16N2O. The van der Waals surface area contributed by atoms with Gasteiger partial charge in [0.15, 0.2) is 0 Å². The maximum atomic E-state index is 12.5. The number of hydrogen-bond donors (Lipinski definition) is 0. The first kappa shape index (κ1) is 11.1. The number of amides is 1. The van der Waals surface area contributed by atoms with Crippen LogP contribution in [0.5, 0.6) is 0 Å². The molecule has 18 heavy (non-hydrogen) atoms. The topological polar surface area (TPSA) is 25.2 Å². The Morgan fingerprint density at radius 2 is 1.89 bits per heavy atom. The van der Waals surface area contributed by atoms with Crippen molar-refractivity contribution in [1.29, 1.82) is 0 Å². The van der Waals surface area contributed by atoms with Crippen molar-refractivity contribution < 1.29 is 4.79 Å². The minimum Gasteiger partial charge on any atom is -0.348 e. The zero-order valence-electron chi connectivity index (χ0n) is 10.4. The number of fused-ring (bicyclic) bond motifs is 1. The number of benzene rings is 1. The summed E-state index contributed by atoms with van der Waals surface area (Å²) in [6.07, 6.45) is 2.08. The summed E-state index contributed by atoms with van der Waals surface area (Å²) in [5, 5.41) is 0. The second-order valence-corrected chi connectivity index (χ2v) is 4.67. The summed E-state index contributed by atoms with van der Waals surface area (Å²) >= 11 is 0. The van der Waals surface area contributed by atoms with Crippen LogP contribution in [0.25, 0.3) is 0 Å². The quantitative estimate of drug-likeness (QED) is 0.752. The minimum atomic E-state index is 0.121. The van der Waals surface area contributed by atoms with Gasteiger partial charge in [0, 0.05) is 30.5 Å². The van der Waals surface area contributed by atoms with Crippen molar-refractivity contribution in [2.75, 3.05) is 6.54 Å². The van der Waals surface area contributed by atoms with Crippen molar-refractivity contribution in [3.8, 4) is 0 Å². The molecule has 2 heterocycles. The molecule has 3 nitrogen and oxygen atoms in total. The molecule has 0 spiro atoms. The van der Waals surface area contributed by atoms with E-state index in [1.807, 2.05) is 41.3 Å². The molecule has 0 radical (unpaired) electrons. The van der Waals surface area contributed by atoms with Crippen molar-refractivity contribution in [2.45, 2.75) is 19.5 Å². The Balaban J connectivity index is 1.89. The molecule has 1 atom stereocenters. The number of aromatic nitrogens is 1. The Kier molecular flexibility index (Phi) is 2.67. The van der Waals surface area contributed by atoms with E-state index in [9.17, 15) is 4.79 Å². The van der Waals surface area contributed by atoms with Gasteiger partial charge in [0.25, 0.3) is 5.91 Å². The van der Waals surface area contributed by atoms with E-state index in [-0.39, 0.29) is 11.9 Å². The fourth-order valence-electron chi connectivity index (χ4n) is 2.60. The Hall–Kier alpha value is -2.03. The van der Waals surface area contributed by atoms with Gasteiger partial charge in [0.05, 0.1) is 6.04 Å². The molecule has 0 saturated carbocycles. The second-order valence-electron chi connectivity index (χ2n) is 4.67. The van der Waals surface area contributed by atoms with Gasteiger partial charge in [-0.25, -0.2) is 0 Å². The Labute approximate surface area is 107 Å². The highest BCUT2D eigenvalue weighted by atomic mass is 16.2. The van der Waals surface area contributed by atoms with Crippen molar-refractivity contribution in [3.05, 3.63) is 59.9 Å². The van der Waals surface area contributed by atoms with Crippen LogP contribution in [0.4, 0.5) is 0 Å². The van der Waals surface area contributed by atoms with E-state index in [0.29, 0.717) is 0 Å². The zero-order chi connectivity index (χ0) is 12.5. The number of carbonyl (C=O) groups excluding carboxylic acids is 1. The van der Waals surface area contributed by atoms with Crippen LogP contribution in [0.2, 0.25) is 0 Å². The highest BCUT2D eigenvalue weighted by molar-refractivity contribution is 5.94. The summed E-state index contributed by atoms with van der Waals surface area (Å²) in [6.45, 7) is 3.74. The lowest BCUT2D eigenvalue weighted by molar-refractivity contribution is 0.0644. The molecule has 1 amide bonds. The van der Waals surface area contributed by atoms with E-state index in [2.05, 4.69) is 23.8 Å². The summed E-state index contributed by atoms with van der Waals surface area (Å²) < 4.78 is 2.22. The standard InChI is InChI=1S/C15H16N2O/c1-12-14-8-5-9-16(14)10-11-17(12)15(18)13-6-3-2-4-7-13/h2-9,12H,10-11H2,1H3/t12-/m0/s1. The van der Waals surface area contributed by atoms with Crippen molar-refractivity contribution in [3.63, 3.8) is 0 Å². The SMILES string of the molecule is C[C@H]1c2cccn2CCN1C(=O)c1ccccc1. The van der Waals surface area contributed by atoms with E-state index in [1.165, 1.54) is 5.69 Å². The van der Waals surface area contributed by atoms with Gasteiger partial charge in [-0.05, 0) is 31.2 Å². The minimum absolute atomic E-state index is 0.121. The Morgan fingerprint density at radius 3 is 2.67 bits per heavy atom. The maximum absolute atomic E-state index is 12.5. The lowest BCUT2D eigenvalue weighted by Crippen LogP contribution is -2.40. The molecule has 92 valence electrons. The van der Waals surface area contributed by atoms with Gasteiger partial charge in [-0.15, -0.1) is 0 Å². The summed E-state index contributed by atoms with van der Waals surface area (Å²) in [7, 11) is 0. The van der Waals surface area contributed by atoms with Crippen LogP contribution in [0.15, 0.2) is 48.7 Å². The van der Waals surface area contributed by atoms with Gasteiger partial charge in [0.2, 0.25) is 0 Å². The van der Waals surface area contributed by atoms with Crippen molar-refractivity contribution in [2.24, 2.45) is 0 Å². The third-order valence-corrected chi connectivity index (χ3v) is 3.62. The van der Waals surface area contributed by atoms with Crippen LogP contribution < -0.4 is 0 Å². The third-order valence-electron chi connectivity index (χ3n) is 3.62. The molecule has 0 saturated heterocycles. The molecule has 3 rings (SSSR count). The van der Waals surface area contributed by atoms with Crippen LogP contribution in [-0.4, -0.2) is 21.9 Å². The van der Waals surface area contributed by atoms with E-state index in [0.717, 1.165) is 18.7 Å². The summed E-state index contributed by atoms with van der Waals surface area (Å²) in [5.41, 5.74) is 1.98. The van der Waals surface area contributed by atoms with Crippen LogP contribution >= 0.6 is 0 Å². The molecule has 0 aliphatic carbocycles. The molecule has 1 aromatic heterocycles. The number of hydrogen-bond acceptors (Lipinski definition) is 1. The molecule has 0 unspecified atom stereocenters. The second kappa shape index (κ2) is 4.33. The number of carbonyl (C=O) groups is 1. The molecule has 1 aromatic carbocycles. The summed E-state index contributed by atoms with van der Waals surface area (Å²) in [6, 6.07) is 13.8. The smallest absolute Gasteiger partial charge is 0.254 e. The molecule has 0 fully saturated rings. The molecule has 3 heteroatoms. The molecule has 0 bridgehead atoms. The average molecular weight is 240 g/mol. The normalized spacial score (nSPS) is 18.5. The Morgan fingerprint density at radius 1 is 1.11 bits per heavy atom. The zero-order valence-corrected chi connectivity index (χ0v) is 10.4. The third kappa shape index (κ3) is 1.72. The van der Waals surface area contributed by atoms with Crippen molar-refractivity contribution >= 4 is 5.91 Å². The van der Waals surface area contributed by atoms with E-state index in [4.69, 9.17) is 0 Å². The predicted octanol–water partition coefficient (Wildman–Crippen LogP) is 2.71. The van der Waals surface area contributed by atoms with Gasteiger partial charge in [-0.3, -0.25) is 4.79 Å². The van der Waals surface area contributed by atoms with Gasteiger partial charge in [0.1, 0.15) is 0 Å². The highest BCUT2D eigenvalue weighted by Crippen LogP contribution is 2.26. The number of nitrogens with zero attached hydrogens (tertiary/aromatic N) is 2. The van der Waals surface area contributed by atoms with Crippen LogP contribution in [0, 0.1) is 0 Å². The van der Waals surface area contributed by atoms with Crippen LogP contribution in [0.1, 0.15) is 29.0 Å². The van der Waals surface area contributed by atoms with E-state index >= 15 is 0 Å². The fourth-order valence-corrected chi connectivity index (χ4v) is 2.60. The lowest BCUT2D eigenvalue weighted by atomic mass is 10.1. The molecule has 1 aliphatic heterocycles. The molecule has 1 aliphatic rings. The molecule has 0 N–H and O–H groups in total. The first-order chi connectivity index (χ1) is 8.77. The van der Waals surface area contributed by atoms with Gasteiger partial charge in [-0.2, -0.15) is 0 Å². The van der Waals surface area contributed by atoms with Gasteiger partial charge >= 0.3 is 0 Å². The average Bonchev–Trinajstić information content (AvgIpc) is 2.89. The van der Waals surface area contributed by atoms with Crippen LogP contribution in [-0.2, 0) is 6.54 Å². The van der Waals surface area contributed by atoms with Crippen molar-refractivity contribution in [1.82, 2.24) is 9.47 Å². The lowest BCUT2D eigenvalue weighted by Gasteiger charge is -2.35. The predicted molar refractivity (Wildman–Crippen MR) is 70.3 cm³/mol. The largest absolute Gasteiger partial charge is 0.348 e. The molecular weight excluding hydrogens is 224 g/mol. The highest BCUT2D eigenvalue weighted by Gasteiger charge is 2.27. The van der Waals surface area contributed by atoms with Crippen LogP contribution in [0.3, 0.4) is 0 Å². The fraction of sp³-hybridized carbons (Fsp3) is 0.267. The van der Waals surface area contributed by atoms with E-state index < -0.39 is 0 Å². The van der Waals surface area contributed by atoms with E-state index in [1.54, 1.807) is 0 Å². The monoisotopic (exact) mass is 240 g/mol.